The number of carbonyl (C=O) groups excluding carboxylic acids is 1. The van der Waals surface area contributed by atoms with Crippen LogP contribution >= 0.6 is 23.4 Å². The molecule has 24 heavy (non-hydrogen) atoms. The van der Waals surface area contributed by atoms with E-state index in [0.717, 1.165) is 26.2 Å². The van der Waals surface area contributed by atoms with Crippen LogP contribution in [0, 0.1) is 6.92 Å². The zero-order chi connectivity index (χ0) is 17.1. The lowest BCUT2D eigenvalue weighted by atomic mass is 10.2. The number of amides is 1. The number of nitrogens with zero attached hydrogens (tertiary/aromatic N) is 2. The molecule has 3 aromatic rings. The molecule has 1 N–H and O–H groups in total. The summed E-state index contributed by atoms with van der Waals surface area (Å²) >= 11 is 7.76. The van der Waals surface area contributed by atoms with E-state index in [2.05, 4.69) is 10.4 Å². The van der Waals surface area contributed by atoms with Gasteiger partial charge in [0.05, 0.1) is 16.8 Å². The summed E-state index contributed by atoms with van der Waals surface area (Å²) in [6, 6.07) is 15.4. The van der Waals surface area contributed by atoms with E-state index in [4.69, 9.17) is 11.6 Å². The summed E-state index contributed by atoms with van der Waals surface area (Å²) in [7, 11) is 1.81. The van der Waals surface area contributed by atoms with E-state index >= 15 is 0 Å². The lowest BCUT2D eigenvalue weighted by molar-refractivity contribution is 0.102. The van der Waals surface area contributed by atoms with Crippen LogP contribution in [0.2, 0.25) is 5.02 Å². The number of nitrogens with one attached hydrogen (secondary N) is 1. The summed E-state index contributed by atoms with van der Waals surface area (Å²) in [6.45, 7) is 1.87. The first-order chi connectivity index (χ1) is 11.5. The molecule has 0 spiro atoms. The van der Waals surface area contributed by atoms with Crippen molar-refractivity contribution in [2.75, 3.05) is 5.32 Å². The van der Waals surface area contributed by atoms with Crippen molar-refractivity contribution >= 4 is 35.0 Å². The van der Waals surface area contributed by atoms with E-state index in [-0.39, 0.29) is 5.91 Å². The monoisotopic (exact) mass is 357 g/mol. The number of rotatable bonds is 4. The Morgan fingerprint density at radius 1 is 1.17 bits per heavy atom. The van der Waals surface area contributed by atoms with Crippen LogP contribution in [0.4, 0.5) is 5.69 Å². The van der Waals surface area contributed by atoms with E-state index in [9.17, 15) is 4.79 Å². The molecule has 6 heteroatoms. The number of hydrogen-bond acceptors (Lipinski definition) is 3. The highest BCUT2D eigenvalue weighted by atomic mass is 35.5. The molecule has 0 bridgehead atoms. The smallest absolute Gasteiger partial charge is 0.259 e. The summed E-state index contributed by atoms with van der Waals surface area (Å²) in [5.74, 6) is -0.160. The van der Waals surface area contributed by atoms with Gasteiger partial charge in [0.1, 0.15) is 0 Å². The van der Waals surface area contributed by atoms with E-state index < -0.39 is 0 Å². The van der Waals surface area contributed by atoms with Crippen LogP contribution in [-0.2, 0) is 7.05 Å². The molecule has 122 valence electrons. The Morgan fingerprint density at radius 3 is 2.50 bits per heavy atom. The minimum atomic E-state index is -0.160. The number of hydrogen-bond donors (Lipinski definition) is 1. The summed E-state index contributed by atoms with van der Waals surface area (Å²) in [4.78, 5) is 14.3. The Hall–Kier alpha value is -2.24. The predicted octanol–water partition coefficient (Wildman–Crippen LogP) is 4.79. The summed E-state index contributed by atoms with van der Waals surface area (Å²) in [6.07, 6.45) is 1.58. The van der Waals surface area contributed by atoms with Crippen LogP contribution in [0.3, 0.4) is 0 Å². The molecule has 2 aromatic carbocycles. The Morgan fingerprint density at radius 2 is 1.88 bits per heavy atom. The number of carbonyl (C=O) groups is 1. The number of halogens is 1. The van der Waals surface area contributed by atoms with Crippen LogP contribution < -0.4 is 5.32 Å². The molecule has 3 rings (SSSR count). The molecule has 0 aliphatic heterocycles. The van der Waals surface area contributed by atoms with Crippen LogP contribution in [0.15, 0.2) is 64.5 Å². The van der Waals surface area contributed by atoms with Gasteiger partial charge >= 0.3 is 0 Å². The first-order valence-corrected chi connectivity index (χ1v) is 8.56. The second-order valence-electron chi connectivity index (χ2n) is 5.28. The summed E-state index contributed by atoms with van der Waals surface area (Å²) in [5.41, 5.74) is 2.15. The molecule has 0 aliphatic carbocycles. The average Bonchev–Trinajstić information content (AvgIpc) is 2.91. The van der Waals surface area contributed by atoms with Crippen molar-refractivity contribution in [1.82, 2.24) is 9.78 Å². The van der Waals surface area contributed by atoms with E-state index in [0.29, 0.717) is 5.56 Å². The number of aromatic nitrogens is 2. The molecule has 0 saturated heterocycles. The standard InChI is InChI=1S/C18H16ClN3OS/c1-12-15(11-20-22(12)2)18(23)21-13-7-9-14(10-8-13)24-17-6-4-3-5-16(17)19/h3-11H,1-2H3,(H,21,23). The van der Waals surface area contributed by atoms with Crippen LogP contribution in [-0.4, -0.2) is 15.7 Å². The highest BCUT2D eigenvalue weighted by Gasteiger charge is 2.13. The SMILES string of the molecule is Cc1c(C(=O)Nc2ccc(Sc3ccccc3Cl)cc2)cnn1C. The van der Waals surface area contributed by atoms with Gasteiger partial charge in [0.15, 0.2) is 0 Å². The molecule has 0 radical (unpaired) electrons. The first-order valence-electron chi connectivity index (χ1n) is 7.37. The van der Waals surface area contributed by atoms with Crippen molar-refractivity contribution in [1.29, 1.82) is 0 Å². The topological polar surface area (TPSA) is 46.9 Å². The lowest BCUT2D eigenvalue weighted by Gasteiger charge is -2.07. The zero-order valence-electron chi connectivity index (χ0n) is 13.3. The number of benzene rings is 2. The van der Waals surface area contributed by atoms with Crippen molar-refractivity contribution in [2.45, 2.75) is 16.7 Å². The highest BCUT2D eigenvalue weighted by molar-refractivity contribution is 7.99. The van der Waals surface area contributed by atoms with Gasteiger partial charge in [-0.1, -0.05) is 35.5 Å². The van der Waals surface area contributed by atoms with Gasteiger partial charge in [-0.2, -0.15) is 5.10 Å². The predicted molar refractivity (Wildman–Crippen MR) is 97.9 cm³/mol. The molecule has 1 heterocycles. The van der Waals surface area contributed by atoms with Crippen molar-refractivity contribution < 1.29 is 4.79 Å². The van der Waals surface area contributed by atoms with Crippen molar-refractivity contribution in [3.05, 3.63) is 71.0 Å². The van der Waals surface area contributed by atoms with Gasteiger partial charge in [-0.05, 0) is 43.3 Å². The van der Waals surface area contributed by atoms with Gasteiger partial charge < -0.3 is 5.32 Å². The van der Waals surface area contributed by atoms with Gasteiger partial charge in [-0.3, -0.25) is 9.48 Å². The molecular weight excluding hydrogens is 342 g/mol. The number of anilines is 1. The Bertz CT molecular complexity index is 874. The van der Waals surface area contributed by atoms with E-state index in [1.807, 2.05) is 62.5 Å². The van der Waals surface area contributed by atoms with Crippen LogP contribution in [0.1, 0.15) is 16.1 Å². The highest BCUT2D eigenvalue weighted by Crippen LogP contribution is 2.33. The van der Waals surface area contributed by atoms with E-state index in [1.165, 1.54) is 0 Å². The van der Waals surface area contributed by atoms with Gasteiger partial charge in [0.25, 0.3) is 5.91 Å². The van der Waals surface area contributed by atoms with Gasteiger partial charge in [0.2, 0.25) is 0 Å². The molecule has 4 nitrogen and oxygen atoms in total. The molecule has 0 fully saturated rings. The minimum absolute atomic E-state index is 0.160. The molecule has 1 amide bonds. The van der Waals surface area contributed by atoms with E-state index in [1.54, 1.807) is 22.6 Å². The van der Waals surface area contributed by atoms with Gasteiger partial charge in [-0.25, -0.2) is 0 Å². The third-order valence-electron chi connectivity index (χ3n) is 3.66. The molecule has 1 aromatic heterocycles. The molecule has 0 unspecified atom stereocenters. The average molecular weight is 358 g/mol. The van der Waals surface area contributed by atoms with Crippen molar-refractivity contribution in [3.63, 3.8) is 0 Å². The second kappa shape index (κ2) is 7.11. The first kappa shape index (κ1) is 16.6. The van der Waals surface area contributed by atoms with Gasteiger partial charge in [-0.15, -0.1) is 0 Å². The van der Waals surface area contributed by atoms with Crippen LogP contribution in [0.5, 0.6) is 0 Å². The fourth-order valence-electron chi connectivity index (χ4n) is 2.18. The molecular formula is C18H16ClN3OS. The summed E-state index contributed by atoms with van der Waals surface area (Å²) < 4.78 is 1.68. The Kier molecular flexibility index (Phi) is 4.92. The maximum Gasteiger partial charge on any atom is 0.259 e. The van der Waals surface area contributed by atoms with Crippen molar-refractivity contribution in [2.24, 2.45) is 7.05 Å². The minimum Gasteiger partial charge on any atom is -0.322 e. The normalized spacial score (nSPS) is 10.6. The van der Waals surface area contributed by atoms with Gasteiger partial charge in [0, 0.05) is 28.2 Å². The third kappa shape index (κ3) is 3.63. The van der Waals surface area contributed by atoms with Crippen molar-refractivity contribution in [3.8, 4) is 0 Å². The molecule has 0 saturated carbocycles. The maximum atomic E-state index is 12.3. The third-order valence-corrected chi connectivity index (χ3v) is 5.18. The lowest BCUT2D eigenvalue weighted by Crippen LogP contribution is -2.12. The molecule has 0 aliphatic rings. The zero-order valence-corrected chi connectivity index (χ0v) is 14.9. The van der Waals surface area contributed by atoms with Crippen LogP contribution in [0.25, 0.3) is 0 Å². The molecule has 0 atom stereocenters. The maximum absolute atomic E-state index is 12.3. The quantitative estimate of drug-likeness (QED) is 0.730. The Labute approximate surface area is 149 Å². The fourth-order valence-corrected chi connectivity index (χ4v) is 3.27. The second-order valence-corrected chi connectivity index (χ2v) is 6.80. The largest absolute Gasteiger partial charge is 0.322 e. The summed E-state index contributed by atoms with van der Waals surface area (Å²) in [5, 5.41) is 7.70. The Balaban J connectivity index is 1.70. The fraction of sp³-hybridized carbons (Fsp3) is 0.111. The number of aryl methyl sites for hydroxylation is 1.